The number of sulfonamides is 1. The molecule has 1 aromatic heterocycles. The van der Waals surface area contributed by atoms with E-state index in [9.17, 15) is 18.3 Å². The van der Waals surface area contributed by atoms with Gasteiger partial charge >= 0.3 is 5.97 Å². The van der Waals surface area contributed by atoms with Crippen LogP contribution in [0.2, 0.25) is 0 Å². The van der Waals surface area contributed by atoms with Crippen LogP contribution in [0.4, 0.5) is 0 Å². The number of aryl methyl sites for hydroxylation is 1. The molecule has 2 N–H and O–H groups in total. The summed E-state index contributed by atoms with van der Waals surface area (Å²) in [6, 6.07) is 11.0. The van der Waals surface area contributed by atoms with Gasteiger partial charge in [0, 0.05) is 4.88 Å². The van der Waals surface area contributed by atoms with Crippen LogP contribution in [0.1, 0.15) is 17.4 Å². The first kappa shape index (κ1) is 16.7. The second-order valence-electron chi connectivity index (χ2n) is 4.78. The Morgan fingerprint density at radius 1 is 1.23 bits per heavy atom. The average molecular weight is 339 g/mol. The van der Waals surface area contributed by atoms with Gasteiger partial charge in [0.1, 0.15) is 10.3 Å². The van der Waals surface area contributed by atoms with Gasteiger partial charge in [0.05, 0.1) is 0 Å². The number of benzene rings is 1. The number of hydrogen-bond acceptors (Lipinski definition) is 4. The van der Waals surface area contributed by atoms with E-state index in [0.29, 0.717) is 0 Å². The maximum atomic E-state index is 12.3. The molecule has 1 heterocycles. The van der Waals surface area contributed by atoms with Crippen LogP contribution in [0.3, 0.4) is 0 Å². The molecule has 0 radical (unpaired) electrons. The van der Waals surface area contributed by atoms with Crippen molar-refractivity contribution in [3.63, 3.8) is 0 Å². The van der Waals surface area contributed by atoms with Crippen LogP contribution in [0.15, 0.2) is 46.7 Å². The molecule has 0 bridgehead atoms. The van der Waals surface area contributed by atoms with Crippen LogP contribution in [-0.4, -0.2) is 25.5 Å². The van der Waals surface area contributed by atoms with Gasteiger partial charge in [-0.2, -0.15) is 4.72 Å². The molecule has 1 aromatic carbocycles. The smallest absolute Gasteiger partial charge is 0.322 e. The highest BCUT2D eigenvalue weighted by atomic mass is 32.2. The van der Waals surface area contributed by atoms with E-state index in [1.54, 1.807) is 30.3 Å². The minimum atomic E-state index is -3.83. The quantitative estimate of drug-likeness (QED) is 0.811. The molecule has 0 amide bonds. The van der Waals surface area contributed by atoms with Gasteiger partial charge in [0.15, 0.2) is 0 Å². The summed E-state index contributed by atoms with van der Waals surface area (Å²) in [5.74, 6) is -1.19. The van der Waals surface area contributed by atoms with Crippen LogP contribution >= 0.6 is 11.3 Å². The molecule has 5 nitrogen and oxygen atoms in total. The standard InChI is InChI=1S/C15H17NO4S2/c1-2-12-8-9-14(21-12)22(19,20)16-13(15(17)18)10-11-6-4-3-5-7-11/h3-9,13,16H,2,10H2,1H3,(H,17,18)/t13-/m0/s1. The van der Waals surface area contributed by atoms with Crippen LogP contribution in [-0.2, 0) is 27.7 Å². The predicted molar refractivity (Wildman–Crippen MR) is 85.6 cm³/mol. The highest BCUT2D eigenvalue weighted by Crippen LogP contribution is 2.22. The lowest BCUT2D eigenvalue weighted by molar-refractivity contribution is -0.138. The zero-order valence-corrected chi connectivity index (χ0v) is 13.7. The van der Waals surface area contributed by atoms with Gasteiger partial charge in [-0.15, -0.1) is 11.3 Å². The third-order valence-electron chi connectivity index (χ3n) is 3.13. The van der Waals surface area contributed by atoms with Gasteiger partial charge in [0.2, 0.25) is 0 Å². The maximum absolute atomic E-state index is 12.3. The Balaban J connectivity index is 2.18. The molecule has 0 aliphatic heterocycles. The first-order valence-corrected chi connectivity index (χ1v) is 9.10. The van der Waals surface area contributed by atoms with Crippen molar-refractivity contribution in [2.75, 3.05) is 0 Å². The van der Waals surface area contributed by atoms with Crippen molar-refractivity contribution >= 4 is 27.3 Å². The predicted octanol–water partition coefficient (Wildman–Crippen LogP) is 2.28. The Hall–Kier alpha value is -1.70. The van der Waals surface area contributed by atoms with Crippen molar-refractivity contribution in [2.24, 2.45) is 0 Å². The van der Waals surface area contributed by atoms with Crippen molar-refractivity contribution in [2.45, 2.75) is 30.0 Å². The number of hydrogen-bond donors (Lipinski definition) is 2. The van der Waals surface area contributed by atoms with E-state index >= 15 is 0 Å². The van der Waals surface area contributed by atoms with E-state index in [1.807, 2.05) is 13.0 Å². The summed E-state index contributed by atoms with van der Waals surface area (Å²) in [5, 5.41) is 9.27. The Kier molecular flexibility index (Phi) is 5.33. The summed E-state index contributed by atoms with van der Waals surface area (Å²) in [6.07, 6.45) is 0.841. The molecule has 0 spiro atoms. The van der Waals surface area contributed by atoms with Crippen molar-refractivity contribution in [3.05, 3.63) is 52.9 Å². The number of carboxylic acids is 1. The number of carbonyl (C=O) groups is 1. The summed E-state index contributed by atoms with van der Waals surface area (Å²) in [7, 11) is -3.83. The van der Waals surface area contributed by atoms with Gasteiger partial charge in [-0.3, -0.25) is 4.79 Å². The Bertz CT molecular complexity index is 738. The summed E-state index contributed by atoms with van der Waals surface area (Å²) in [4.78, 5) is 12.3. The summed E-state index contributed by atoms with van der Waals surface area (Å²) >= 11 is 1.16. The number of rotatable bonds is 7. The fourth-order valence-electron chi connectivity index (χ4n) is 1.97. The second-order valence-corrected chi connectivity index (χ2v) is 7.89. The van der Waals surface area contributed by atoms with Gasteiger partial charge in [-0.1, -0.05) is 37.3 Å². The van der Waals surface area contributed by atoms with Gasteiger partial charge in [0.25, 0.3) is 10.0 Å². The zero-order chi connectivity index (χ0) is 16.2. The second kappa shape index (κ2) is 7.04. The summed E-state index contributed by atoms with van der Waals surface area (Å²) in [6.45, 7) is 1.94. The van der Waals surface area contributed by atoms with E-state index < -0.39 is 22.0 Å². The van der Waals surface area contributed by atoms with Crippen molar-refractivity contribution in [3.8, 4) is 0 Å². The maximum Gasteiger partial charge on any atom is 0.322 e. The van der Waals surface area contributed by atoms with E-state index in [-0.39, 0.29) is 10.6 Å². The molecule has 0 unspecified atom stereocenters. The molecule has 0 saturated heterocycles. The molecule has 2 rings (SSSR count). The number of aliphatic carboxylic acids is 1. The molecule has 118 valence electrons. The third-order valence-corrected chi connectivity index (χ3v) is 6.32. The number of carboxylic acid groups (broad SMARTS) is 1. The lowest BCUT2D eigenvalue weighted by atomic mass is 10.1. The zero-order valence-electron chi connectivity index (χ0n) is 12.0. The van der Waals surface area contributed by atoms with Crippen molar-refractivity contribution in [1.29, 1.82) is 0 Å². The molecule has 0 fully saturated rings. The van der Waals surface area contributed by atoms with Gasteiger partial charge in [-0.25, -0.2) is 8.42 Å². The molecular weight excluding hydrogens is 322 g/mol. The van der Waals surface area contributed by atoms with Gasteiger partial charge < -0.3 is 5.11 Å². The fraction of sp³-hybridized carbons (Fsp3) is 0.267. The monoisotopic (exact) mass is 339 g/mol. The Labute approximate surface area is 133 Å². The van der Waals surface area contributed by atoms with Gasteiger partial charge in [-0.05, 0) is 30.5 Å². The molecule has 0 aliphatic rings. The lowest BCUT2D eigenvalue weighted by Crippen LogP contribution is -2.42. The fourth-order valence-corrected chi connectivity index (χ4v) is 4.47. The largest absolute Gasteiger partial charge is 0.480 e. The Morgan fingerprint density at radius 2 is 1.91 bits per heavy atom. The Morgan fingerprint density at radius 3 is 2.45 bits per heavy atom. The van der Waals surface area contributed by atoms with Crippen LogP contribution in [0, 0.1) is 0 Å². The average Bonchev–Trinajstić information content (AvgIpc) is 2.97. The minimum absolute atomic E-state index is 0.0986. The normalized spacial score (nSPS) is 13.0. The first-order chi connectivity index (χ1) is 10.4. The SMILES string of the molecule is CCc1ccc(S(=O)(=O)N[C@@H](Cc2ccccc2)C(=O)O)s1. The summed E-state index contributed by atoms with van der Waals surface area (Å²) in [5.41, 5.74) is 0.762. The van der Waals surface area contributed by atoms with Crippen LogP contribution in [0.25, 0.3) is 0 Å². The molecule has 1 atom stereocenters. The van der Waals surface area contributed by atoms with Crippen molar-refractivity contribution < 1.29 is 18.3 Å². The van der Waals surface area contributed by atoms with E-state index in [1.165, 1.54) is 6.07 Å². The van der Waals surface area contributed by atoms with E-state index in [4.69, 9.17) is 0 Å². The third kappa shape index (κ3) is 4.16. The molecule has 22 heavy (non-hydrogen) atoms. The minimum Gasteiger partial charge on any atom is -0.480 e. The molecule has 0 aliphatic carbocycles. The molecule has 2 aromatic rings. The number of thiophene rings is 1. The molecular formula is C15H17NO4S2. The topological polar surface area (TPSA) is 83.5 Å². The number of nitrogens with one attached hydrogen (secondary N) is 1. The highest BCUT2D eigenvalue weighted by Gasteiger charge is 2.26. The van der Waals surface area contributed by atoms with E-state index in [2.05, 4.69) is 4.72 Å². The summed E-state index contributed by atoms with van der Waals surface area (Å²) < 4.78 is 27.0. The van der Waals surface area contributed by atoms with E-state index in [0.717, 1.165) is 28.2 Å². The molecule has 7 heteroatoms. The lowest BCUT2D eigenvalue weighted by Gasteiger charge is -2.14. The molecule has 0 saturated carbocycles. The van der Waals surface area contributed by atoms with Crippen LogP contribution in [0.5, 0.6) is 0 Å². The first-order valence-electron chi connectivity index (χ1n) is 6.80. The van der Waals surface area contributed by atoms with Crippen LogP contribution < -0.4 is 4.72 Å². The van der Waals surface area contributed by atoms with Crippen molar-refractivity contribution in [1.82, 2.24) is 4.72 Å². The highest BCUT2D eigenvalue weighted by molar-refractivity contribution is 7.91.